The Balaban J connectivity index is 1.67. The summed E-state index contributed by atoms with van der Waals surface area (Å²) in [4.78, 5) is 37.9. The quantitative estimate of drug-likeness (QED) is 0.426. The molecule has 2 aromatic carbocycles. The number of carbonyl (C=O) groups excluding carboxylic acids is 3. The maximum absolute atomic E-state index is 12.7. The lowest BCUT2D eigenvalue weighted by Gasteiger charge is -2.24. The van der Waals surface area contributed by atoms with Crippen molar-refractivity contribution in [2.75, 3.05) is 13.2 Å². The predicted octanol–water partition coefficient (Wildman–Crippen LogP) is 3.96. The Bertz CT molecular complexity index is 1200. The molecular formula is C23H20BrN3O4. The Hall–Kier alpha value is -3.39. The number of nitrogens with one attached hydrogen (secondary N) is 1. The maximum Gasteiger partial charge on any atom is 0.331 e. The SMILES string of the molecule is CCN1C(=O)NC(=O)/C(=C\c2cn(CCOc3ccccc3)c3ccc(Br)cc23)C1=O. The van der Waals surface area contributed by atoms with Gasteiger partial charge in [-0.15, -0.1) is 0 Å². The second-order valence-corrected chi connectivity index (χ2v) is 7.88. The van der Waals surface area contributed by atoms with E-state index in [1.807, 2.05) is 59.3 Å². The van der Waals surface area contributed by atoms with Gasteiger partial charge in [-0.1, -0.05) is 34.1 Å². The number of halogens is 1. The molecule has 0 saturated carbocycles. The van der Waals surface area contributed by atoms with Gasteiger partial charge in [-0.3, -0.25) is 19.8 Å². The molecule has 1 aromatic heterocycles. The van der Waals surface area contributed by atoms with Gasteiger partial charge >= 0.3 is 6.03 Å². The number of ether oxygens (including phenoxy) is 1. The molecule has 1 fully saturated rings. The molecule has 0 aliphatic carbocycles. The zero-order chi connectivity index (χ0) is 22.0. The minimum absolute atomic E-state index is 0.0685. The smallest absolute Gasteiger partial charge is 0.331 e. The number of nitrogens with zero attached hydrogens (tertiary/aromatic N) is 2. The average molecular weight is 482 g/mol. The lowest BCUT2D eigenvalue weighted by Crippen LogP contribution is -2.53. The fourth-order valence-electron chi connectivity index (χ4n) is 3.51. The Labute approximate surface area is 187 Å². The van der Waals surface area contributed by atoms with Crippen LogP contribution in [0.1, 0.15) is 12.5 Å². The van der Waals surface area contributed by atoms with Gasteiger partial charge in [-0.25, -0.2) is 4.79 Å². The summed E-state index contributed by atoms with van der Waals surface area (Å²) in [5.41, 5.74) is 1.58. The number of aromatic nitrogens is 1. The minimum Gasteiger partial charge on any atom is -0.492 e. The lowest BCUT2D eigenvalue weighted by molar-refractivity contribution is -0.129. The van der Waals surface area contributed by atoms with Crippen LogP contribution < -0.4 is 10.1 Å². The van der Waals surface area contributed by atoms with Gasteiger partial charge in [0, 0.05) is 33.7 Å². The van der Waals surface area contributed by atoms with E-state index >= 15 is 0 Å². The number of imide groups is 2. The van der Waals surface area contributed by atoms with E-state index < -0.39 is 17.8 Å². The summed E-state index contributed by atoms with van der Waals surface area (Å²) in [6.07, 6.45) is 3.42. The van der Waals surface area contributed by atoms with Crippen molar-refractivity contribution in [2.45, 2.75) is 13.5 Å². The number of likely N-dealkylation sites (N-methyl/N-ethyl adjacent to an activating group) is 1. The second-order valence-electron chi connectivity index (χ2n) is 6.97. The molecule has 3 aromatic rings. The molecule has 1 saturated heterocycles. The van der Waals surface area contributed by atoms with Gasteiger partial charge in [0.25, 0.3) is 11.8 Å². The van der Waals surface area contributed by atoms with Crippen LogP contribution >= 0.6 is 15.9 Å². The number of para-hydroxylation sites is 1. The van der Waals surface area contributed by atoms with E-state index in [0.717, 1.165) is 26.0 Å². The Morgan fingerprint density at radius 1 is 1.10 bits per heavy atom. The first-order chi connectivity index (χ1) is 15.0. The summed E-state index contributed by atoms with van der Waals surface area (Å²) in [6, 6.07) is 14.7. The van der Waals surface area contributed by atoms with E-state index in [9.17, 15) is 14.4 Å². The van der Waals surface area contributed by atoms with Crippen LogP contribution in [0.5, 0.6) is 5.75 Å². The fraction of sp³-hybridized carbons (Fsp3) is 0.174. The number of fused-ring (bicyclic) bond motifs is 1. The van der Waals surface area contributed by atoms with E-state index in [0.29, 0.717) is 18.7 Å². The standard InChI is InChI=1S/C23H20BrN3O4/c1-2-27-22(29)19(21(28)25-23(27)30)12-15-14-26(20-9-8-16(24)13-18(15)20)10-11-31-17-6-4-3-5-7-17/h3-9,12-14H,2,10-11H2,1H3,(H,25,28,30)/b19-12+. The number of benzene rings is 2. The number of urea groups is 1. The summed E-state index contributed by atoms with van der Waals surface area (Å²) in [7, 11) is 0. The molecule has 2 heterocycles. The van der Waals surface area contributed by atoms with Crippen LogP contribution in [0.2, 0.25) is 0 Å². The van der Waals surface area contributed by atoms with Gasteiger partial charge in [-0.2, -0.15) is 0 Å². The molecule has 1 N–H and O–H groups in total. The van der Waals surface area contributed by atoms with Crippen LogP contribution in [0.25, 0.3) is 17.0 Å². The molecule has 0 unspecified atom stereocenters. The molecule has 0 radical (unpaired) electrons. The number of carbonyl (C=O) groups is 3. The molecule has 1 aliphatic rings. The van der Waals surface area contributed by atoms with Gasteiger partial charge < -0.3 is 9.30 Å². The molecule has 31 heavy (non-hydrogen) atoms. The number of hydrogen-bond donors (Lipinski definition) is 1. The molecule has 0 atom stereocenters. The van der Waals surface area contributed by atoms with E-state index in [1.165, 1.54) is 6.08 Å². The van der Waals surface area contributed by atoms with Crippen molar-refractivity contribution in [1.82, 2.24) is 14.8 Å². The second kappa shape index (κ2) is 8.77. The molecule has 4 amide bonds. The Morgan fingerprint density at radius 2 is 1.87 bits per heavy atom. The fourth-order valence-corrected chi connectivity index (χ4v) is 3.87. The minimum atomic E-state index is -0.696. The van der Waals surface area contributed by atoms with Crippen molar-refractivity contribution in [3.05, 3.63) is 70.3 Å². The van der Waals surface area contributed by atoms with Gasteiger partial charge in [0.05, 0.1) is 6.54 Å². The van der Waals surface area contributed by atoms with Crippen molar-refractivity contribution in [3.63, 3.8) is 0 Å². The van der Waals surface area contributed by atoms with Crippen LogP contribution in [0.3, 0.4) is 0 Å². The molecule has 0 spiro atoms. The molecule has 158 valence electrons. The van der Waals surface area contributed by atoms with E-state index in [-0.39, 0.29) is 12.1 Å². The van der Waals surface area contributed by atoms with Crippen LogP contribution in [0.4, 0.5) is 4.79 Å². The molecular weight excluding hydrogens is 462 g/mol. The topological polar surface area (TPSA) is 80.6 Å². The highest BCUT2D eigenvalue weighted by atomic mass is 79.9. The maximum atomic E-state index is 12.7. The Kier molecular flexibility index (Phi) is 5.90. The number of rotatable bonds is 6. The van der Waals surface area contributed by atoms with E-state index in [4.69, 9.17) is 4.74 Å². The first kappa shape index (κ1) is 20.9. The Morgan fingerprint density at radius 3 is 2.61 bits per heavy atom. The van der Waals surface area contributed by atoms with Gasteiger partial charge in [0.2, 0.25) is 0 Å². The normalized spacial score (nSPS) is 15.6. The van der Waals surface area contributed by atoms with Crippen molar-refractivity contribution in [3.8, 4) is 5.75 Å². The van der Waals surface area contributed by atoms with Gasteiger partial charge in [0.1, 0.15) is 17.9 Å². The van der Waals surface area contributed by atoms with Crippen molar-refractivity contribution in [2.24, 2.45) is 0 Å². The molecule has 7 nitrogen and oxygen atoms in total. The summed E-state index contributed by atoms with van der Waals surface area (Å²) < 4.78 is 8.70. The predicted molar refractivity (Wildman–Crippen MR) is 120 cm³/mol. The summed E-state index contributed by atoms with van der Waals surface area (Å²) in [5.74, 6) is -0.500. The van der Waals surface area contributed by atoms with Crippen LogP contribution in [0.15, 0.2) is 64.8 Å². The first-order valence-electron chi connectivity index (χ1n) is 9.83. The highest BCUT2D eigenvalue weighted by molar-refractivity contribution is 9.10. The highest BCUT2D eigenvalue weighted by Crippen LogP contribution is 2.28. The van der Waals surface area contributed by atoms with Crippen LogP contribution in [0, 0.1) is 0 Å². The van der Waals surface area contributed by atoms with Crippen molar-refractivity contribution in [1.29, 1.82) is 0 Å². The van der Waals surface area contributed by atoms with Crippen LogP contribution in [-0.2, 0) is 16.1 Å². The van der Waals surface area contributed by atoms with Crippen molar-refractivity contribution < 1.29 is 19.1 Å². The number of hydrogen-bond acceptors (Lipinski definition) is 4. The molecule has 1 aliphatic heterocycles. The summed E-state index contributed by atoms with van der Waals surface area (Å²) in [5, 5.41) is 3.10. The van der Waals surface area contributed by atoms with E-state index in [1.54, 1.807) is 6.92 Å². The zero-order valence-corrected chi connectivity index (χ0v) is 18.4. The largest absolute Gasteiger partial charge is 0.492 e. The zero-order valence-electron chi connectivity index (χ0n) is 16.8. The molecule has 4 rings (SSSR count). The van der Waals surface area contributed by atoms with Gasteiger partial charge in [-0.05, 0) is 43.3 Å². The van der Waals surface area contributed by atoms with Gasteiger partial charge in [0.15, 0.2) is 0 Å². The summed E-state index contributed by atoms with van der Waals surface area (Å²) >= 11 is 3.48. The monoisotopic (exact) mass is 481 g/mol. The third kappa shape index (κ3) is 4.25. The average Bonchev–Trinajstić information content (AvgIpc) is 3.08. The molecule has 8 heteroatoms. The third-order valence-electron chi connectivity index (χ3n) is 5.02. The lowest BCUT2D eigenvalue weighted by atomic mass is 10.1. The number of barbiturate groups is 1. The van der Waals surface area contributed by atoms with E-state index in [2.05, 4.69) is 21.2 Å². The van der Waals surface area contributed by atoms with Crippen molar-refractivity contribution >= 4 is 50.8 Å². The third-order valence-corrected chi connectivity index (χ3v) is 5.51. The first-order valence-corrected chi connectivity index (χ1v) is 10.6. The molecule has 0 bridgehead atoms. The number of amides is 4. The highest BCUT2D eigenvalue weighted by Gasteiger charge is 2.34. The van der Waals surface area contributed by atoms with Crippen LogP contribution in [-0.4, -0.2) is 40.5 Å². The summed E-state index contributed by atoms with van der Waals surface area (Å²) in [6.45, 7) is 2.90.